The van der Waals surface area contributed by atoms with Crippen molar-refractivity contribution in [3.63, 3.8) is 0 Å². The van der Waals surface area contributed by atoms with Gasteiger partial charge in [-0.2, -0.15) is 0 Å². The molecule has 0 atom stereocenters. The summed E-state index contributed by atoms with van der Waals surface area (Å²) in [5, 5.41) is 3.34. The third-order valence-electron chi connectivity index (χ3n) is 3.07. The van der Waals surface area contributed by atoms with Crippen molar-refractivity contribution in [2.24, 2.45) is 0 Å². The highest BCUT2D eigenvalue weighted by Gasteiger charge is 2.09. The normalized spacial score (nSPS) is 10.4. The molecule has 5 heteroatoms. The van der Waals surface area contributed by atoms with Gasteiger partial charge < -0.3 is 14.6 Å². The summed E-state index contributed by atoms with van der Waals surface area (Å²) in [6.07, 6.45) is 6.55. The Morgan fingerprint density at radius 1 is 1.40 bits per heavy atom. The predicted octanol–water partition coefficient (Wildman–Crippen LogP) is 1.85. The Hall–Kier alpha value is -2.14. The predicted molar refractivity (Wildman–Crippen MR) is 76.3 cm³/mol. The van der Waals surface area contributed by atoms with Gasteiger partial charge in [0.1, 0.15) is 0 Å². The first-order valence-electron chi connectivity index (χ1n) is 6.64. The monoisotopic (exact) mass is 273 g/mol. The number of rotatable bonds is 7. The van der Waals surface area contributed by atoms with E-state index in [4.69, 9.17) is 4.74 Å². The standard InChI is InChI=1S/C15H19N3O2/c1-20-15(19)14-6-3-2-5-13(14)11-16-7-4-9-18-10-8-17-12-18/h2-3,5-6,8,10,12,16H,4,7,9,11H2,1H3. The number of benzene rings is 1. The van der Waals surface area contributed by atoms with Crippen LogP contribution in [0.15, 0.2) is 43.0 Å². The van der Waals surface area contributed by atoms with E-state index in [1.807, 2.05) is 35.3 Å². The van der Waals surface area contributed by atoms with Gasteiger partial charge in [0, 0.05) is 25.5 Å². The molecule has 1 aromatic carbocycles. The van der Waals surface area contributed by atoms with Crippen LogP contribution in [0.25, 0.3) is 0 Å². The molecule has 2 rings (SSSR count). The van der Waals surface area contributed by atoms with Gasteiger partial charge in [0.25, 0.3) is 0 Å². The molecule has 0 aliphatic heterocycles. The van der Waals surface area contributed by atoms with Crippen LogP contribution in [0.5, 0.6) is 0 Å². The molecule has 0 bridgehead atoms. The van der Waals surface area contributed by atoms with Crippen LogP contribution < -0.4 is 5.32 Å². The average Bonchev–Trinajstić information content (AvgIpc) is 3.00. The van der Waals surface area contributed by atoms with E-state index >= 15 is 0 Å². The van der Waals surface area contributed by atoms with Gasteiger partial charge >= 0.3 is 5.97 Å². The molecule has 1 heterocycles. The summed E-state index contributed by atoms with van der Waals surface area (Å²) < 4.78 is 6.82. The van der Waals surface area contributed by atoms with Crippen molar-refractivity contribution < 1.29 is 9.53 Å². The summed E-state index contributed by atoms with van der Waals surface area (Å²) in [7, 11) is 1.40. The number of aryl methyl sites for hydroxylation is 1. The highest BCUT2D eigenvalue weighted by Crippen LogP contribution is 2.09. The van der Waals surface area contributed by atoms with Gasteiger partial charge in [-0.25, -0.2) is 9.78 Å². The SMILES string of the molecule is COC(=O)c1ccccc1CNCCCn1ccnc1. The third kappa shape index (κ3) is 3.93. The van der Waals surface area contributed by atoms with Crippen LogP contribution in [0.1, 0.15) is 22.3 Å². The van der Waals surface area contributed by atoms with Crippen LogP contribution in [-0.2, 0) is 17.8 Å². The van der Waals surface area contributed by atoms with Crippen LogP contribution in [0, 0.1) is 0 Å². The van der Waals surface area contributed by atoms with Crippen LogP contribution in [0.4, 0.5) is 0 Å². The van der Waals surface area contributed by atoms with Gasteiger partial charge in [-0.15, -0.1) is 0 Å². The van der Waals surface area contributed by atoms with Crippen LogP contribution in [0.2, 0.25) is 0 Å². The maximum absolute atomic E-state index is 11.6. The molecule has 0 amide bonds. The minimum Gasteiger partial charge on any atom is -0.465 e. The van der Waals surface area contributed by atoms with Crippen molar-refractivity contribution in [2.75, 3.05) is 13.7 Å². The first-order chi connectivity index (χ1) is 9.81. The first kappa shape index (κ1) is 14.3. The van der Waals surface area contributed by atoms with Crippen LogP contribution in [0.3, 0.4) is 0 Å². The van der Waals surface area contributed by atoms with Gasteiger partial charge in [0.2, 0.25) is 0 Å². The van der Waals surface area contributed by atoms with Crippen molar-refractivity contribution in [3.8, 4) is 0 Å². The lowest BCUT2D eigenvalue weighted by Crippen LogP contribution is -2.18. The van der Waals surface area contributed by atoms with Gasteiger partial charge in [-0.3, -0.25) is 0 Å². The fourth-order valence-corrected chi connectivity index (χ4v) is 2.01. The lowest BCUT2D eigenvalue weighted by molar-refractivity contribution is 0.0599. The summed E-state index contributed by atoms with van der Waals surface area (Å²) in [5.41, 5.74) is 1.58. The topological polar surface area (TPSA) is 56.1 Å². The van der Waals surface area contributed by atoms with Crippen molar-refractivity contribution in [1.29, 1.82) is 0 Å². The van der Waals surface area contributed by atoms with E-state index in [0.717, 1.165) is 25.1 Å². The molecular weight excluding hydrogens is 254 g/mol. The molecule has 0 aliphatic rings. The molecular formula is C15H19N3O2. The summed E-state index contributed by atoms with van der Waals surface area (Å²) in [4.78, 5) is 15.6. The van der Waals surface area contributed by atoms with Crippen molar-refractivity contribution in [2.45, 2.75) is 19.5 Å². The van der Waals surface area contributed by atoms with E-state index in [2.05, 4.69) is 10.3 Å². The number of carbonyl (C=O) groups is 1. The Morgan fingerprint density at radius 2 is 2.25 bits per heavy atom. The average molecular weight is 273 g/mol. The number of hydrogen-bond donors (Lipinski definition) is 1. The Bertz CT molecular complexity index is 538. The lowest BCUT2D eigenvalue weighted by Gasteiger charge is -2.09. The maximum atomic E-state index is 11.6. The van der Waals surface area contributed by atoms with Gasteiger partial charge in [0.15, 0.2) is 0 Å². The second kappa shape index (κ2) is 7.45. The number of imidazole rings is 1. The van der Waals surface area contributed by atoms with E-state index < -0.39 is 0 Å². The smallest absolute Gasteiger partial charge is 0.338 e. The molecule has 5 nitrogen and oxygen atoms in total. The Kier molecular flexibility index (Phi) is 5.32. The number of ether oxygens (including phenoxy) is 1. The zero-order chi connectivity index (χ0) is 14.2. The van der Waals surface area contributed by atoms with E-state index in [1.54, 1.807) is 12.3 Å². The number of aromatic nitrogens is 2. The van der Waals surface area contributed by atoms with Gasteiger partial charge in [0.05, 0.1) is 19.0 Å². The number of carbonyl (C=O) groups excluding carboxylic acids is 1. The largest absolute Gasteiger partial charge is 0.465 e. The summed E-state index contributed by atoms with van der Waals surface area (Å²) in [5.74, 6) is -0.291. The van der Waals surface area contributed by atoms with Gasteiger partial charge in [-0.1, -0.05) is 18.2 Å². The van der Waals surface area contributed by atoms with E-state index in [-0.39, 0.29) is 5.97 Å². The molecule has 1 N–H and O–H groups in total. The Balaban J connectivity index is 1.78. The molecule has 1 aromatic heterocycles. The fourth-order valence-electron chi connectivity index (χ4n) is 2.01. The lowest BCUT2D eigenvalue weighted by atomic mass is 10.1. The second-order valence-corrected chi connectivity index (χ2v) is 4.48. The molecule has 2 aromatic rings. The molecule has 0 radical (unpaired) electrons. The Morgan fingerprint density at radius 3 is 3.00 bits per heavy atom. The third-order valence-corrected chi connectivity index (χ3v) is 3.07. The number of hydrogen-bond acceptors (Lipinski definition) is 4. The second-order valence-electron chi connectivity index (χ2n) is 4.48. The van der Waals surface area contributed by atoms with E-state index in [1.165, 1.54) is 7.11 Å². The molecule has 0 aliphatic carbocycles. The molecule has 0 saturated heterocycles. The number of esters is 1. The van der Waals surface area contributed by atoms with Crippen molar-refractivity contribution >= 4 is 5.97 Å². The van der Waals surface area contributed by atoms with E-state index in [9.17, 15) is 4.79 Å². The van der Waals surface area contributed by atoms with Crippen LogP contribution >= 0.6 is 0 Å². The maximum Gasteiger partial charge on any atom is 0.338 e. The van der Waals surface area contributed by atoms with E-state index in [0.29, 0.717) is 12.1 Å². The molecule has 0 fully saturated rings. The highest BCUT2D eigenvalue weighted by atomic mass is 16.5. The molecule has 0 saturated carbocycles. The van der Waals surface area contributed by atoms with Crippen LogP contribution in [-0.4, -0.2) is 29.2 Å². The minimum absolute atomic E-state index is 0.291. The molecule has 106 valence electrons. The first-order valence-corrected chi connectivity index (χ1v) is 6.64. The quantitative estimate of drug-likeness (QED) is 0.618. The summed E-state index contributed by atoms with van der Waals surface area (Å²) >= 11 is 0. The number of nitrogens with one attached hydrogen (secondary N) is 1. The number of methoxy groups -OCH3 is 1. The minimum atomic E-state index is -0.291. The molecule has 20 heavy (non-hydrogen) atoms. The molecule has 0 spiro atoms. The number of nitrogens with zero attached hydrogens (tertiary/aromatic N) is 2. The van der Waals surface area contributed by atoms with Gasteiger partial charge in [-0.05, 0) is 24.6 Å². The fraction of sp³-hybridized carbons (Fsp3) is 0.333. The zero-order valence-electron chi connectivity index (χ0n) is 11.6. The zero-order valence-corrected chi connectivity index (χ0v) is 11.6. The van der Waals surface area contributed by atoms with Crippen molar-refractivity contribution in [1.82, 2.24) is 14.9 Å². The summed E-state index contributed by atoms with van der Waals surface area (Å²) in [6.45, 7) is 2.48. The molecule has 0 unspecified atom stereocenters. The Labute approximate surface area is 118 Å². The highest BCUT2D eigenvalue weighted by molar-refractivity contribution is 5.90. The van der Waals surface area contributed by atoms with Crippen molar-refractivity contribution in [3.05, 3.63) is 54.1 Å². The summed E-state index contributed by atoms with van der Waals surface area (Å²) in [6, 6.07) is 7.49.